The second kappa shape index (κ2) is 9.28. The number of benzene rings is 2. The van der Waals surface area contributed by atoms with Crippen LogP contribution in [-0.4, -0.2) is 32.6 Å². The smallest absolute Gasteiger partial charge is 0.251 e. The van der Waals surface area contributed by atoms with Gasteiger partial charge in [0.2, 0.25) is 5.91 Å². The number of methoxy groups -OCH3 is 2. The summed E-state index contributed by atoms with van der Waals surface area (Å²) in [5.41, 5.74) is 3.20. The Morgan fingerprint density at radius 2 is 1.97 bits per heavy atom. The standard InChI is InChI=1S/C23H26N2O4/c1-4-6-17-13-18(14-20(28-2)22(17)29-3)23(27)24-15-16-8-10-19(11-9-16)25-12-5-7-21(25)26/h4,8-11,13-14H,1,5-7,12,15H2,2-3H3,(H,24,27). The summed E-state index contributed by atoms with van der Waals surface area (Å²) in [6.45, 7) is 4.91. The number of rotatable bonds is 8. The number of anilines is 1. The van der Waals surface area contributed by atoms with Crippen LogP contribution >= 0.6 is 0 Å². The summed E-state index contributed by atoms with van der Waals surface area (Å²) >= 11 is 0. The third-order valence-corrected chi connectivity index (χ3v) is 4.96. The molecule has 0 spiro atoms. The van der Waals surface area contributed by atoms with Crippen LogP contribution in [-0.2, 0) is 17.8 Å². The lowest BCUT2D eigenvalue weighted by molar-refractivity contribution is -0.117. The van der Waals surface area contributed by atoms with Crippen LogP contribution in [0, 0.1) is 0 Å². The second-order valence-corrected chi connectivity index (χ2v) is 6.86. The van der Waals surface area contributed by atoms with Crippen molar-refractivity contribution in [2.75, 3.05) is 25.7 Å². The van der Waals surface area contributed by atoms with E-state index in [0.717, 1.165) is 29.8 Å². The molecule has 152 valence electrons. The van der Waals surface area contributed by atoms with Gasteiger partial charge >= 0.3 is 0 Å². The fraction of sp³-hybridized carbons (Fsp3) is 0.304. The van der Waals surface area contributed by atoms with E-state index in [4.69, 9.17) is 9.47 Å². The van der Waals surface area contributed by atoms with Crippen LogP contribution in [0.5, 0.6) is 11.5 Å². The van der Waals surface area contributed by atoms with E-state index in [1.807, 2.05) is 24.3 Å². The minimum atomic E-state index is -0.199. The summed E-state index contributed by atoms with van der Waals surface area (Å²) in [4.78, 5) is 26.3. The molecule has 1 N–H and O–H groups in total. The van der Waals surface area contributed by atoms with Gasteiger partial charge in [0.05, 0.1) is 14.2 Å². The van der Waals surface area contributed by atoms with E-state index in [0.29, 0.717) is 36.4 Å². The molecule has 0 radical (unpaired) electrons. The Labute approximate surface area is 171 Å². The molecule has 2 aromatic rings. The summed E-state index contributed by atoms with van der Waals surface area (Å²) in [7, 11) is 3.12. The highest BCUT2D eigenvalue weighted by atomic mass is 16.5. The first kappa shape index (κ1) is 20.5. The monoisotopic (exact) mass is 394 g/mol. The van der Waals surface area contributed by atoms with Crippen molar-refractivity contribution in [3.63, 3.8) is 0 Å². The molecule has 1 fully saturated rings. The molecule has 1 aliphatic rings. The molecule has 2 amide bonds. The highest BCUT2D eigenvalue weighted by Gasteiger charge is 2.21. The van der Waals surface area contributed by atoms with Gasteiger partial charge in [-0.2, -0.15) is 0 Å². The first-order valence-corrected chi connectivity index (χ1v) is 9.60. The molecule has 0 aliphatic carbocycles. The summed E-state index contributed by atoms with van der Waals surface area (Å²) < 4.78 is 10.8. The van der Waals surface area contributed by atoms with E-state index in [1.54, 1.807) is 37.3 Å². The minimum absolute atomic E-state index is 0.162. The van der Waals surface area contributed by atoms with Gasteiger partial charge in [0.1, 0.15) is 0 Å². The molecule has 3 rings (SSSR count). The Kier molecular flexibility index (Phi) is 6.54. The molecule has 6 nitrogen and oxygen atoms in total. The van der Waals surface area contributed by atoms with Gasteiger partial charge in [0.15, 0.2) is 11.5 Å². The number of carbonyl (C=O) groups is 2. The fourth-order valence-electron chi connectivity index (χ4n) is 3.48. The molecule has 0 aromatic heterocycles. The largest absolute Gasteiger partial charge is 0.493 e. The van der Waals surface area contributed by atoms with Gasteiger partial charge in [-0.1, -0.05) is 18.2 Å². The van der Waals surface area contributed by atoms with Crippen molar-refractivity contribution in [3.05, 3.63) is 65.7 Å². The van der Waals surface area contributed by atoms with E-state index in [1.165, 1.54) is 0 Å². The van der Waals surface area contributed by atoms with Gasteiger partial charge < -0.3 is 19.7 Å². The summed E-state index contributed by atoms with van der Waals surface area (Å²) in [6.07, 6.45) is 3.83. The van der Waals surface area contributed by atoms with Crippen LogP contribution in [0.4, 0.5) is 5.69 Å². The lowest BCUT2D eigenvalue weighted by atomic mass is 10.0. The van der Waals surface area contributed by atoms with Gasteiger partial charge in [-0.3, -0.25) is 9.59 Å². The molecule has 0 saturated carbocycles. The van der Waals surface area contributed by atoms with Gasteiger partial charge in [0.25, 0.3) is 5.91 Å². The molecule has 0 unspecified atom stereocenters. The van der Waals surface area contributed by atoms with Crippen LogP contribution in [0.25, 0.3) is 0 Å². The predicted octanol–water partition coefficient (Wildman–Crippen LogP) is 3.49. The number of hydrogen-bond donors (Lipinski definition) is 1. The Morgan fingerprint density at radius 3 is 2.55 bits per heavy atom. The first-order valence-electron chi connectivity index (χ1n) is 9.60. The van der Waals surface area contributed by atoms with Crippen LogP contribution < -0.4 is 19.7 Å². The maximum absolute atomic E-state index is 12.7. The summed E-state index contributed by atoms with van der Waals surface area (Å²) in [6, 6.07) is 11.2. The van der Waals surface area contributed by atoms with Crippen molar-refractivity contribution in [2.24, 2.45) is 0 Å². The SMILES string of the molecule is C=CCc1cc(C(=O)NCc2ccc(N3CCCC3=O)cc2)cc(OC)c1OC. The molecular weight excluding hydrogens is 368 g/mol. The van der Waals surface area contributed by atoms with Gasteiger partial charge in [-0.25, -0.2) is 0 Å². The molecule has 1 saturated heterocycles. The van der Waals surface area contributed by atoms with Crippen molar-refractivity contribution >= 4 is 17.5 Å². The van der Waals surface area contributed by atoms with E-state index in [2.05, 4.69) is 11.9 Å². The summed E-state index contributed by atoms with van der Waals surface area (Å²) in [5.74, 6) is 1.08. The predicted molar refractivity (Wildman–Crippen MR) is 113 cm³/mol. The van der Waals surface area contributed by atoms with Crippen LogP contribution in [0.2, 0.25) is 0 Å². The quantitative estimate of drug-likeness (QED) is 0.696. The van der Waals surface area contributed by atoms with Crippen molar-refractivity contribution in [2.45, 2.75) is 25.8 Å². The lowest BCUT2D eigenvalue weighted by Crippen LogP contribution is -2.24. The maximum Gasteiger partial charge on any atom is 0.251 e. The van der Waals surface area contributed by atoms with E-state index in [9.17, 15) is 9.59 Å². The number of allylic oxidation sites excluding steroid dienone is 1. The Hall–Kier alpha value is -3.28. The van der Waals surface area contributed by atoms with Crippen LogP contribution in [0.1, 0.15) is 34.3 Å². The van der Waals surface area contributed by atoms with E-state index in [-0.39, 0.29) is 11.8 Å². The molecule has 6 heteroatoms. The fourth-order valence-corrected chi connectivity index (χ4v) is 3.48. The van der Waals surface area contributed by atoms with Crippen molar-refractivity contribution < 1.29 is 19.1 Å². The Balaban J connectivity index is 1.69. The number of nitrogens with one attached hydrogen (secondary N) is 1. The molecule has 1 aliphatic heterocycles. The molecule has 29 heavy (non-hydrogen) atoms. The number of carbonyl (C=O) groups excluding carboxylic acids is 2. The number of nitrogens with zero attached hydrogens (tertiary/aromatic N) is 1. The topological polar surface area (TPSA) is 67.9 Å². The zero-order valence-electron chi connectivity index (χ0n) is 16.9. The molecule has 1 heterocycles. The maximum atomic E-state index is 12.7. The number of ether oxygens (including phenoxy) is 2. The van der Waals surface area contributed by atoms with Crippen molar-refractivity contribution in [1.82, 2.24) is 5.32 Å². The van der Waals surface area contributed by atoms with Gasteiger partial charge in [-0.15, -0.1) is 6.58 Å². The zero-order valence-corrected chi connectivity index (χ0v) is 16.9. The number of hydrogen-bond acceptors (Lipinski definition) is 4. The Bertz CT molecular complexity index is 906. The van der Waals surface area contributed by atoms with Gasteiger partial charge in [-0.05, 0) is 42.7 Å². The molecule has 0 atom stereocenters. The van der Waals surface area contributed by atoms with Crippen LogP contribution in [0.15, 0.2) is 49.1 Å². The first-order chi connectivity index (χ1) is 14.1. The highest BCUT2D eigenvalue weighted by molar-refractivity contribution is 5.96. The lowest BCUT2D eigenvalue weighted by Gasteiger charge is -2.16. The zero-order chi connectivity index (χ0) is 20.8. The highest BCUT2D eigenvalue weighted by Crippen LogP contribution is 2.33. The van der Waals surface area contributed by atoms with Crippen molar-refractivity contribution in [1.29, 1.82) is 0 Å². The molecular formula is C23H26N2O4. The van der Waals surface area contributed by atoms with Gasteiger partial charge in [0, 0.05) is 36.3 Å². The third kappa shape index (κ3) is 4.59. The average Bonchev–Trinajstić information content (AvgIpc) is 3.17. The normalized spacial score (nSPS) is 13.3. The van der Waals surface area contributed by atoms with Crippen LogP contribution in [0.3, 0.4) is 0 Å². The molecule has 0 bridgehead atoms. The van der Waals surface area contributed by atoms with E-state index >= 15 is 0 Å². The Morgan fingerprint density at radius 1 is 1.21 bits per heavy atom. The van der Waals surface area contributed by atoms with E-state index < -0.39 is 0 Å². The summed E-state index contributed by atoms with van der Waals surface area (Å²) in [5, 5.41) is 2.93. The number of amides is 2. The minimum Gasteiger partial charge on any atom is -0.493 e. The third-order valence-electron chi connectivity index (χ3n) is 4.96. The molecule has 2 aromatic carbocycles. The average molecular weight is 394 g/mol. The van der Waals surface area contributed by atoms with Crippen molar-refractivity contribution in [3.8, 4) is 11.5 Å². The second-order valence-electron chi connectivity index (χ2n) is 6.86.